The number of hydrogen-bond acceptors (Lipinski definition) is 4. The summed E-state index contributed by atoms with van der Waals surface area (Å²) in [6.45, 7) is 0. The van der Waals surface area contributed by atoms with Gasteiger partial charge in [-0.2, -0.15) is 13.2 Å². The molecular weight excluding hydrogens is 399 g/mol. The average molecular weight is 410 g/mol. The molecule has 1 fully saturated rings. The van der Waals surface area contributed by atoms with Crippen LogP contribution in [0.4, 0.5) is 29.3 Å². The summed E-state index contributed by atoms with van der Waals surface area (Å²) in [4.78, 5) is 41.2. The Balaban J connectivity index is 1.94. The zero-order valence-electron chi connectivity index (χ0n) is 13.9. The Morgan fingerprint density at radius 3 is 2.46 bits per heavy atom. The van der Waals surface area contributed by atoms with E-state index in [9.17, 15) is 27.6 Å². The monoisotopic (exact) mass is 409 g/mol. The first-order valence-corrected chi connectivity index (χ1v) is 8.21. The minimum Gasteiger partial charge on any atom is -0.276 e. The molecule has 2 aromatic rings. The summed E-state index contributed by atoms with van der Waals surface area (Å²) in [5, 5.41) is 2.21. The van der Waals surface area contributed by atoms with Crippen LogP contribution in [0, 0.1) is 5.92 Å². The SMILES string of the molecule is O=C1NC(=O)N(c2cccc(C(F)(F)F)c2)C(=O)[C@@H]1C=Nc1ccccc1Cl. The molecule has 1 saturated heterocycles. The van der Waals surface area contributed by atoms with Crippen molar-refractivity contribution < 1.29 is 27.6 Å². The van der Waals surface area contributed by atoms with Gasteiger partial charge in [0.25, 0.3) is 5.91 Å². The normalized spacial score (nSPS) is 17.9. The Morgan fingerprint density at radius 1 is 1.07 bits per heavy atom. The maximum absolute atomic E-state index is 12.9. The molecule has 0 saturated carbocycles. The summed E-state index contributed by atoms with van der Waals surface area (Å²) in [6, 6.07) is 8.92. The largest absolute Gasteiger partial charge is 0.416 e. The Kier molecular flexibility index (Phi) is 5.19. The molecule has 3 rings (SSSR count). The van der Waals surface area contributed by atoms with E-state index in [0.29, 0.717) is 11.0 Å². The van der Waals surface area contributed by atoms with Crippen molar-refractivity contribution in [2.75, 3.05) is 4.90 Å². The molecule has 4 amide bonds. The first-order valence-electron chi connectivity index (χ1n) is 7.83. The third-order valence-corrected chi connectivity index (χ3v) is 4.17. The number of carbonyl (C=O) groups is 3. The van der Waals surface area contributed by atoms with Gasteiger partial charge in [0.2, 0.25) is 5.91 Å². The third-order valence-electron chi connectivity index (χ3n) is 3.85. The number of anilines is 1. The van der Waals surface area contributed by atoms with Crippen molar-refractivity contribution in [3.05, 3.63) is 59.1 Å². The molecule has 10 heteroatoms. The summed E-state index contributed by atoms with van der Waals surface area (Å²) in [5.41, 5.74) is -1.07. The lowest BCUT2D eigenvalue weighted by Crippen LogP contribution is -2.58. The van der Waals surface area contributed by atoms with Crippen LogP contribution in [0.1, 0.15) is 5.56 Å². The van der Waals surface area contributed by atoms with E-state index in [-0.39, 0.29) is 16.4 Å². The van der Waals surface area contributed by atoms with Gasteiger partial charge in [0.15, 0.2) is 5.92 Å². The zero-order chi connectivity index (χ0) is 20.5. The number of alkyl halides is 3. The highest BCUT2D eigenvalue weighted by Gasteiger charge is 2.41. The van der Waals surface area contributed by atoms with Crippen molar-refractivity contribution in [1.82, 2.24) is 5.32 Å². The molecule has 0 spiro atoms. The number of benzene rings is 2. The lowest BCUT2D eigenvalue weighted by Gasteiger charge is -2.28. The molecule has 28 heavy (non-hydrogen) atoms. The van der Waals surface area contributed by atoms with Crippen LogP contribution in [0.25, 0.3) is 0 Å². The predicted molar refractivity (Wildman–Crippen MR) is 95.6 cm³/mol. The average Bonchev–Trinajstić information content (AvgIpc) is 2.62. The second-order valence-electron chi connectivity index (χ2n) is 5.72. The second kappa shape index (κ2) is 7.43. The number of amides is 4. The van der Waals surface area contributed by atoms with E-state index in [1.807, 2.05) is 5.32 Å². The minimum absolute atomic E-state index is 0.272. The molecule has 1 aliphatic heterocycles. The van der Waals surface area contributed by atoms with Crippen LogP contribution in [0.15, 0.2) is 53.5 Å². The van der Waals surface area contributed by atoms with Gasteiger partial charge >= 0.3 is 12.2 Å². The van der Waals surface area contributed by atoms with Crippen LogP contribution in [-0.4, -0.2) is 24.1 Å². The molecule has 1 atom stereocenters. The zero-order valence-corrected chi connectivity index (χ0v) is 14.7. The van der Waals surface area contributed by atoms with E-state index >= 15 is 0 Å². The molecule has 144 valence electrons. The van der Waals surface area contributed by atoms with Crippen LogP contribution in [0.3, 0.4) is 0 Å². The van der Waals surface area contributed by atoms with Gasteiger partial charge in [0.1, 0.15) is 0 Å². The summed E-state index contributed by atoms with van der Waals surface area (Å²) >= 11 is 5.95. The molecule has 1 aliphatic rings. The van der Waals surface area contributed by atoms with Gasteiger partial charge in [0.05, 0.1) is 22.0 Å². The van der Waals surface area contributed by atoms with Gasteiger partial charge < -0.3 is 0 Å². The van der Waals surface area contributed by atoms with E-state index in [1.165, 1.54) is 0 Å². The molecule has 2 aromatic carbocycles. The van der Waals surface area contributed by atoms with Crippen molar-refractivity contribution in [2.45, 2.75) is 6.18 Å². The third kappa shape index (κ3) is 3.89. The molecule has 0 radical (unpaired) electrons. The van der Waals surface area contributed by atoms with Gasteiger partial charge in [-0.1, -0.05) is 29.8 Å². The highest BCUT2D eigenvalue weighted by Crippen LogP contribution is 2.32. The van der Waals surface area contributed by atoms with Gasteiger partial charge in [-0.3, -0.25) is 19.9 Å². The van der Waals surface area contributed by atoms with Crippen molar-refractivity contribution in [2.24, 2.45) is 10.9 Å². The molecule has 6 nitrogen and oxygen atoms in total. The van der Waals surface area contributed by atoms with Gasteiger partial charge in [-0.05, 0) is 30.3 Å². The van der Waals surface area contributed by atoms with Gasteiger partial charge in [-0.25, -0.2) is 9.69 Å². The van der Waals surface area contributed by atoms with E-state index in [4.69, 9.17) is 11.6 Å². The van der Waals surface area contributed by atoms with Crippen LogP contribution in [0.2, 0.25) is 5.02 Å². The summed E-state index contributed by atoms with van der Waals surface area (Å²) in [5.74, 6) is -3.47. The summed E-state index contributed by atoms with van der Waals surface area (Å²) < 4.78 is 38.8. The van der Waals surface area contributed by atoms with Crippen LogP contribution < -0.4 is 10.2 Å². The van der Waals surface area contributed by atoms with Crippen LogP contribution >= 0.6 is 11.6 Å². The minimum atomic E-state index is -4.66. The lowest BCUT2D eigenvalue weighted by atomic mass is 10.1. The van der Waals surface area contributed by atoms with E-state index in [0.717, 1.165) is 24.4 Å². The van der Waals surface area contributed by atoms with Crippen molar-refractivity contribution >= 4 is 47.0 Å². The Morgan fingerprint density at radius 2 is 1.79 bits per heavy atom. The quantitative estimate of drug-likeness (QED) is 0.615. The molecule has 0 unspecified atom stereocenters. The molecule has 0 aromatic heterocycles. The standard InChI is InChI=1S/C18H11ClF3N3O3/c19-13-6-1-2-7-14(13)23-9-12-15(26)24-17(28)25(16(12)27)11-5-3-4-10(8-11)18(20,21)22/h1-9,12H,(H,24,26,28)/t12-/m1/s1. The molecule has 0 aliphatic carbocycles. The van der Waals surface area contributed by atoms with Gasteiger partial charge in [-0.15, -0.1) is 0 Å². The molecular formula is C18H11ClF3N3O3. The maximum Gasteiger partial charge on any atom is 0.416 e. The predicted octanol–water partition coefficient (Wildman–Crippen LogP) is 3.96. The number of imide groups is 2. The Labute approximate surface area is 161 Å². The highest BCUT2D eigenvalue weighted by molar-refractivity contribution is 6.34. The molecule has 0 bridgehead atoms. The highest BCUT2D eigenvalue weighted by atomic mass is 35.5. The molecule has 1 heterocycles. The fraction of sp³-hybridized carbons (Fsp3) is 0.111. The number of nitrogens with one attached hydrogen (secondary N) is 1. The fourth-order valence-corrected chi connectivity index (χ4v) is 2.68. The number of urea groups is 1. The van der Waals surface area contributed by atoms with E-state index in [2.05, 4.69) is 4.99 Å². The lowest BCUT2D eigenvalue weighted by molar-refractivity contribution is -0.138. The number of para-hydroxylation sites is 1. The number of halogens is 4. The number of rotatable bonds is 3. The number of carbonyl (C=O) groups excluding carboxylic acids is 3. The van der Waals surface area contributed by atoms with E-state index in [1.54, 1.807) is 24.3 Å². The van der Waals surface area contributed by atoms with E-state index < -0.39 is 35.5 Å². The smallest absolute Gasteiger partial charge is 0.276 e. The topological polar surface area (TPSA) is 78.8 Å². The van der Waals surface area contributed by atoms with Crippen molar-refractivity contribution in [1.29, 1.82) is 0 Å². The fourth-order valence-electron chi connectivity index (χ4n) is 2.50. The first kappa shape index (κ1) is 19.6. The van der Waals surface area contributed by atoms with Crippen molar-refractivity contribution in [3.63, 3.8) is 0 Å². The Bertz CT molecular complexity index is 991. The number of nitrogens with zero attached hydrogens (tertiary/aromatic N) is 2. The maximum atomic E-state index is 12.9. The Hall–Kier alpha value is -3.20. The number of barbiturate groups is 1. The van der Waals surface area contributed by atoms with Crippen LogP contribution in [0.5, 0.6) is 0 Å². The first-order chi connectivity index (χ1) is 13.2. The van der Waals surface area contributed by atoms with Crippen molar-refractivity contribution in [3.8, 4) is 0 Å². The van der Waals surface area contributed by atoms with Gasteiger partial charge in [0, 0.05) is 6.21 Å². The number of aliphatic imine (C=N–C) groups is 1. The molecule has 1 N–H and O–H groups in total. The second-order valence-corrected chi connectivity index (χ2v) is 6.13. The summed E-state index contributed by atoms with van der Waals surface area (Å²) in [7, 11) is 0. The number of hydrogen-bond donors (Lipinski definition) is 1. The summed E-state index contributed by atoms with van der Waals surface area (Å²) in [6.07, 6.45) is -3.67. The van der Waals surface area contributed by atoms with Crippen LogP contribution in [-0.2, 0) is 15.8 Å².